The highest BCUT2D eigenvalue weighted by Crippen LogP contribution is 2.17. The van der Waals surface area contributed by atoms with Crippen molar-refractivity contribution < 1.29 is 15.0 Å². The van der Waals surface area contributed by atoms with Crippen molar-refractivity contribution in [3.05, 3.63) is 64.7 Å². The lowest BCUT2D eigenvalue weighted by Gasteiger charge is -2.17. The Hall–Kier alpha value is -2.04. The number of aliphatic hydroxyl groups is 1. The highest BCUT2D eigenvalue weighted by atomic mass is 35.5. The number of phenolic OH excluding ortho intramolecular Hbond substituents is 1. The number of benzene rings is 2. The van der Waals surface area contributed by atoms with Crippen LogP contribution in [-0.4, -0.2) is 22.7 Å². The van der Waals surface area contributed by atoms with Crippen LogP contribution >= 0.6 is 11.6 Å². The van der Waals surface area contributed by atoms with Crippen molar-refractivity contribution in [2.24, 2.45) is 0 Å². The SMILES string of the molecule is O=C(Cc1ccc(O)cc1)NC(CO)c1ccc(Cl)cc1. The molecule has 0 spiro atoms. The number of nitrogens with one attached hydrogen (secondary N) is 1. The second-order valence-corrected chi connectivity index (χ2v) is 5.13. The Morgan fingerprint density at radius 2 is 1.71 bits per heavy atom. The Labute approximate surface area is 128 Å². The molecular formula is C16H16ClNO3. The first-order valence-electron chi connectivity index (χ1n) is 6.52. The van der Waals surface area contributed by atoms with Gasteiger partial charge in [-0.2, -0.15) is 0 Å². The molecule has 0 aliphatic carbocycles. The number of phenols is 1. The van der Waals surface area contributed by atoms with Crippen molar-refractivity contribution in [3.8, 4) is 5.75 Å². The first-order chi connectivity index (χ1) is 10.1. The standard InChI is InChI=1S/C16H16ClNO3/c17-13-5-3-12(4-6-13)15(10-19)18-16(21)9-11-1-7-14(20)8-2-11/h1-8,15,19-20H,9-10H2,(H,18,21). The molecular weight excluding hydrogens is 290 g/mol. The molecule has 1 unspecified atom stereocenters. The summed E-state index contributed by atoms with van der Waals surface area (Å²) < 4.78 is 0. The summed E-state index contributed by atoms with van der Waals surface area (Å²) in [5.74, 6) is -0.0387. The second-order valence-electron chi connectivity index (χ2n) is 4.70. The minimum absolute atomic E-state index is 0.161. The third-order valence-corrected chi connectivity index (χ3v) is 3.34. The summed E-state index contributed by atoms with van der Waals surface area (Å²) in [7, 11) is 0. The summed E-state index contributed by atoms with van der Waals surface area (Å²) in [6, 6.07) is 12.9. The lowest BCUT2D eigenvalue weighted by Crippen LogP contribution is -2.31. The summed E-state index contributed by atoms with van der Waals surface area (Å²) in [6.45, 7) is -0.192. The number of aliphatic hydroxyl groups excluding tert-OH is 1. The maximum absolute atomic E-state index is 12.0. The zero-order chi connectivity index (χ0) is 15.2. The number of carbonyl (C=O) groups is 1. The molecule has 21 heavy (non-hydrogen) atoms. The van der Waals surface area contributed by atoms with Gasteiger partial charge < -0.3 is 15.5 Å². The molecule has 0 fully saturated rings. The minimum Gasteiger partial charge on any atom is -0.508 e. The third-order valence-electron chi connectivity index (χ3n) is 3.09. The fourth-order valence-corrected chi connectivity index (χ4v) is 2.10. The van der Waals surface area contributed by atoms with E-state index in [1.807, 2.05) is 0 Å². The van der Waals surface area contributed by atoms with Gasteiger partial charge in [-0.05, 0) is 35.4 Å². The van der Waals surface area contributed by atoms with E-state index in [4.69, 9.17) is 11.6 Å². The number of carbonyl (C=O) groups excluding carboxylic acids is 1. The van der Waals surface area contributed by atoms with Crippen molar-refractivity contribution in [2.75, 3.05) is 6.61 Å². The summed E-state index contributed by atoms with van der Waals surface area (Å²) >= 11 is 5.82. The highest BCUT2D eigenvalue weighted by Gasteiger charge is 2.13. The molecule has 0 aliphatic rings. The molecule has 2 aromatic rings. The molecule has 0 heterocycles. The van der Waals surface area contributed by atoms with Gasteiger partial charge in [0.1, 0.15) is 5.75 Å². The van der Waals surface area contributed by atoms with Gasteiger partial charge in [-0.25, -0.2) is 0 Å². The smallest absolute Gasteiger partial charge is 0.224 e. The first kappa shape index (κ1) is 15.4. The van der Waals surface area contributed by atoms with Gasteiger partial charge in [0.05, 0.1) is 19.1 Å². The summed E-state index contributed by atoms with van der Waals surface area (Å²) in [5, 5.41) is 22.0. The molecule has 2 rings (SSSR count). The molecule has 4 nitrogen and oxygen atoms in total. The van der Waals surface area contributed by atoms with Crippen molar-refractivity contribution in [2.45, 2.75) is 12.5 Å². The van der Waals surface area contributed by atoms with Crippen LogP contribution in [-0.2, 0) is 11.2 Å². The third kappa shape index (κ3) is 4.48. The number of aromatic hydroxyl groups is 1. The topological polar surface area (TPSA) is 69.6 Å². The maximum Gasteiger partial charge on any atom is 0.224 e. The van der Waals surface area contributed by atoms with Crippen molar-refractivity contribution >= 4 is 17.5 Å². The predicted octanol–water partition coefficient (Wildman–Crippen LogP) is 2.44. The lowest BCUT2D eigenvalue weighted by molar-refractivity contribution is -0.121. The van der Waals surface area contributed by atoms with Gasteiger partial charge in [0.25, 0.3) is 0 Å². The summed E-state index contributed by atoms with van der Waals surface area (Å²) in [4.78, 5) is 12.0. The van der Waals surface area contributed by atoms with Crippen molar-refractivity contribution in [1.29, 1.82) is 0 Å². The van der Waals surface area contributed by atoms with E-state index in [9.17, 15) is 15.0 Å². The average molecular weight is 306 g/mol. The minimum atomic E-state index is -0.466. The van der Waals surface area contributed by atoms with Crippen LogP contribution in [0.5, 0.6) is 5.75 Å². The van der Waals surface area contributed by atoms with Gasteiger partial charge in [0, 0.05) is 5.02 Å². The van der Waals surface area contributed by atoms with E-state index < -0.39 is 6.04 Å². The zero-order valence-electron chi connectivity index (χ0n) is 11.3. The lowest BCUT2D eigenvalue weighted by atomic mass is 10.1. The molecule has 110 valence electrons. The highest BCUT2D eigenvalue weighted by molar-refractivity contribution is 6.30. The number of halogens is 1. The predicted molar refractivity (Wildman–Crippen MR) is 81.2 cm³/mol. The van der Waals surface area contributed by atoms with E-state index in [-0.39, 0.29) is 24.7 Å². The van der Waals surface area contributed by atoms with Crippen LogP contribution in [0.2, 0.25) is 5.02 Å². The van der Waals surface area contributed by atoms with Crippen LogP contribution in [0.25, 0.3) is 0 Å². The average Bonchev–Trinajstić information content (AvgIpc) is 2.48. The summed E-state index contributed by atoms with van der Waals surface area (Å²) in [5.41, 5.74) is 1.58. The quantitative estimate of drug-likeness (QED) is 0.794. The van der Waals surface area contributed by atoms with E-state index in [0.29, 0.717) is 5.02 Å². The fraction of sp³-hybridized carbons (Fsp3) is 0.188. The van der Waals surface area contributed by atoms with E-state index in [0.717, 1.165) is 11.1 Å². The van der Waals surface area contributed by atoms with Gasteiger partial charge in [-0.1, -0.05) is 35.9 Å². The summed E-state index contributed by atoms with van der Waals surface area (Å²) in [6.07, 6.45) is 0.185. The monoisotopic (exact) mass is 305 g/mol. The van der Waals surface area contributed by atoms with E-state index in [1.165, 1.54) is 12.1 Å². The molecule has 0 radical (unpaired) electrons. The molecule has 0 saturated carbocycles. The van der Waals surface area contributed by atoms with Gasteiger partial charge >= 0.3 is 0 Å². The molecule has 2 aromatic carbocycles. The van der Waals surface area contributed by atoms with E-state index in [1.54, 1.807) is 36.4 Å². The molecule has 3 N–H and O–H groups in total. The van der Waals surface area contributed by atoms with Crippen LogP contribution in [0.4, 0.5) is 0 Å². The van der Waals surface area contributed by atoms with Gasteiger partial charge in [0.2, 0.25) is 5.91 Å². The fourth-order valence-electron chi connectivity index (χ4n) is 1.97. The molecule has 1 atom stereocenters. The number of rotatable bonds is 5. The largest absolute Gasteiger partial charge is 0.508 e. The number of hydrogen-bond acceptors (Lipinski definition) is 3. The molecule has 0 saturated heterocycles. The molecule has 1 amide bonds. The Kier molecular flexibility index (Phi) is 5.20. The molecule has 5 heteroatoms. The Balaban J connectivity index is 1.99. The second kappa shape index (κ2) is 7.11. The van der Waals surface area contributed by atoms with Crippen LogP contribution in [0.3, 0.4) is 0 Å². The molecule has 0 aromatic heterocycles. The van der Waals surface area contributed by atoms with Crippen LogP contribution in [0.1, 0.15) is 17.2 Å². The van der Waals surface area contributed by atoms with E-state index >= 15 is 0 Å². The van der Waals surface area contributed by atoms with Gasteiger partial charge in [0.15, 0.2) is 0 Å². The Bertz CT molecular complexity index is 596. The van der Waals surface area contributed by atoms with Gasteiger partial charge in [-0.3, -0.25) is 4.79 Å². The Morgan fingerprint density at radius 1 is 1.10 bits per heavy atom. The van der Waals surface area contributed by atoms with Gasteiger partial charge in [-0.15, -0.1) is 0 Å². The zero-order valence-corrected chi connectivity index (χ0v) is 12.0. The van der Waals surface area contributed by atoms with Crippen LogP contribution in [0.15, 0.2) is 48.5 Å². The Morgan fingerprint density at radius 3 is 2.29 bits per heavy atom. The molecule has 0 aliphatic heterocycles. The number of hydrogen-bond donors (Lipinski definition) is 3. The molecule has 0 bridgehead atoms. The maximum atomic E-state index is 12.0. The number of amides is 1. The van der Waals surface area contributed by atoms with E-state index in [2.05, 4.69) is 5.32 Å². The van der Waals surface area contributed by atoms with Crippen molar-refractivity contribution in [1.82, 2.24) is 5.32 Å². The first-order valence-corrected chi connectivity index (χ1v) is 6.90. The van der Waals surface area contributed by atoms with Crippen LogP contribution < -0.4 is 5.32 Å². The normalized spacial score (nSPS) is 11.9. The van der Waals surface area contributed by atoms with Crippen molar-refractivity contribution in [3.63, 3.8) is 0 Å². The van der Waals surface area contributed by atoms with Crippen LogP contribution in [0, 0.1) is 0 Å².